The summed E-state index contributed by atoms with van der Waals surface area (Å²) in [5.41, 5.74) is 2.98. The maximum atomic E-state index is 11.8. The predicted molar refractivity (Wildman–Crippen MR) is 99.6 cm³/mol. The molecule has 0 saturated heterocycles. The van der Waals surface area contributed by atoms with Crippen molar-refractivity contribution in [2.45, 2.75) is 39.5 Å². The number of hydrogen-bond donors (Lipinski definition) is 1. The molecular formula is C19H24N2O3S. The second-order valence-corrected chi connectivity index (χ2v) is 6.97. The Morgan fingerprint density at radius 3 is 2.60 bits per heavy atom. The fraction of sp³-hybridized carbons (Fsp3) is 0.421. The highest BCUT2D eigenvalue weighted by molar-refractivity contribution is 7.13. The number of benzene rings is 1. The highest BCUT2D eigenvalue weighted by Gasteiger charge is 2.12. The number of carbonyl (C=O) groups excluding carboxylic acids is 2. The zero-order valence-corrected chi connectivity index (χ0v) is 15.7. The Labute approximate surface area is 152 Å². The van der Waals surface area contributed by atoms with Gasteiger partial charge in [-0.15, -0.1) is 11.3 Å². The van der Waals surface area contributed by atoms with Gasteiger partial charge in [0.05, 0.1) is 12.1 Å². The van der Waals surface area contributed by atoms with Crippen LogP contribution in [0.3, 0.4) is 0 Å². The SMILES string of the molecule is CCCNC(=O)COC(=O)Cc1csc(-c2ccc(C(C)C)cc2)n1. The number of nitrogens with one attached hydrogen (secondary N) is 1. The van der Waals surface area contributed by atoms with Crippen LogP contribution >= 0.6 is 11.3 Å². The van der Waals surface area contributed by atoms with Gasteiger partial charge in [0.15, 0.2) is 6.61 Å². The third-order valence-corrected chi connectivity index (χ3v) is 4.58. The molecule has 2 rings (SSSR count). The monoisotopic (exact) mass is 360 g/mol. The summed E-state index contributed by atoms with van der Waals surface area (Å²) in [7, 11) is 0. The van der Waals surface area contributed by atoms with Gasteiger partial charge >= 0.3 is 5.97 Å². The Kier molecular flexibility index (Phi) is 7.13. The van der Waals surface area contributed by atoms with Crippen molar-refractivity contribution in [2.24, 2.45) is 0 Å². The van der Waals surface area contributed by atoms with E-state index in [1.807, 2.05) is 24.4 Å². The van der Waals surface area contributed by atoms with Crippen LogP contribution in [0.4, 0.5) is 0 Å². The lowest BCUT2D eigenvalue weighted by Crippen LogP contribution is -2.29. The highest BCUT2D eigenvalue weighted by atomic mass is 32.1. The average molecular weight is 360 g/mol. The quantitative estimate of drug-likeness (QED) is 0.731. The molecule has 0 aliphatic rings. The molecule has 0 aliphatic heterocycles. The largest absolute Gasteiger partial charge is 0.455 e. The zero-order valence-electron chi connectivity index (χ0n) is 14.9. The first-order valence-electron chi connectivity index (χ1n) is 8.46. The summed E-state index contributed by atoms with van der Waals surface area (Å²) in [6.07, 6.45) is 0.918. The number of ether oxygens (including phenoxy) is 1. The molecule has 0 aliphatic carbocycles. The zero-order chi connectivity index (χ0) is 18.2. The summed E-state index contributed by atoms with van der Waals surface area (Å²) in [5.74, 6) is -0.233. The molecule has 0 spiro atoms. The van der Waals surface area contributed by atoms with Gasteiger partial charge in [-0.05, 0) is 17.9 Å². The van der Waals surface area contributed by atoms with Crippen LogP contribution in [0.1, 0.15) is 44.4 Å². The molecule has 0 unspecified atom stereocenters. The van der Waals surface area contributed by atoms with Gasteiger partial charge in [0.2, 0.25) is 0 Å². The molecule has 2 aromatic rings. The number of rotatable bonds is 8. The Bertz CT molecular complexity index is 708. The number of hydrogen-bond acceptors (Lipinski definition) is 5. The Morgan fingerprint density at radius 2 is 1.96 bits per heavy atom. The van der Waals surface area contributed by atoms with Gasteiger partial charge in [-0.3, -0.25) is 9.59 Å². The molecule has 0 radical (unpaired) electrons. The van der Waals surface area contributed by atoms with Crippen molar-refractivity contribution in [1.29, 1.82) is 0 Å². The highest BCUT2D eigenvalue weighted by Crippen LogP contribution is 2.26. The van der Waals surface area contributed by atoms with Crippen LogP contribution in [-0.4, -0.2) is 30.0 Å². The van der Waals surface area contributed by atoms with Gasteiger partial charge < -0.3 is 10.1 Å². The summed E-state index contributed by atoms with van der Waals surface area (Å²) in [5, 5.41) is 5.38. The van der Waals surface area contributed by atoms with Gasteiger partial charge in [0.1, 0.15) is 5.01 Å². The van der Waals surface area contributed by atoms with E-state index in [-0.39, 0.29) is 18.9 Å². The Morgan fingerprint density at radius 1 is 1.24 bits per heavy atom. The van der Waals surface area contributed by atoms with Crippen molar-refractivity contribution < 1.29 is 14.3 Å². The van der Waals surface area contributed by atoms with Crippen molar-refractivity contribution in [1.82, 2.24) is 10.3 Å². The first kappa shape index (κ1) is 19.1. The van der Waals surface area contributed by atoms with Crippen LogP contribution in [0.2, 0.25) is 0 Å². The van der Waals surface area contributed by atoms with E-state index in [1.165, 1.54) is 16.9 Å². The van der Waals surface area contributed by atoms with Crippen LogP contribution in [0.25, 0.3) is 10.6 Å². The smallest absolute Gasteiger partial charge is 0.312 e. The first-order chi connectivity index (χ1) is 12.0. The molecular weight excluding hydrogens is 336 g/mol. The Hall–Kier alpha value is -2.21. The number of amides is 1. The standard InChI is InChI=1S/C19H24N2O3S/c1-4-9-20-17(22)11-24-18(23)10-16-12-25-19(21-16)15-7-5-14(6-8-15)13(2)3/h5-8,12-13H,4,9-11H2,1-3H3,(H,20,22). The van der Waals surface area contributed by atoms with E-state index in [4.69, 9.17) is 4.74 Å². The van der Waals surface area contributed by atoms with E-state index in [2.05, 4.69) is 36.3 Å². The summed E-state index contributed by atoms with van der Waals surface area (Å²) in [4.78, 5) is 27.7. The second-order valence-electron chi connectivity index (χ2n) is 6.11. The third kappa shape index (κ3) is 5.98. The minimum absolute atomic E-state index is 0.0711. The number of thiazole rings is 1. The van der Waals surface area contributed by atoms with Gasteiger partial charge in [0, 0.05) is 17.5 Å². The van der Waals surface area contributed by atoms with Crippen LogP contribution < -0.4 is 5.32 Å². The van der Waals surface area contributed by atoms with Gasteiger partial charge in [-0.2, -0.15) is 0 Å². The lowest BCUT2D eigenvalue weighted by molar-refractivity contribution is -0.147. The Balaban J connectivity index is 1.88. The fourth-order valence-electron chi connectivity index (χ4n) is 2.19. The number of nitrogens with zero attached hydrogens (tertiary/aromatic N) is 1. The molecule has 0 bridgehead atoms. The van der Waals surface area contributed by atoms with E-state index in [1.54, 1.807) is 0 Å². The topological polar surface area (TPSA) is 68.3 Å². The predicted octanol–water partition coefficient (Wildman–Crippen LogP) is 3.55. The fourth-order valence-corrected chi connectivity index (χ4v) is 3.02. The molecule has 0 fully saturated rings. The van der Waals surface area contributed by atoms with Crippen molar-refractivity contribution in [3.63, 3.8) is 0 Å². The molecule has 0 atom stereocenters. The molecule has 1 amide bonds. The summed E-state index contributed by atoms with van der Waals surface area (Å²) in [6.45, 7) is 6.62. The summed E-state index contributed by atoms with van der Waals surface area (Å²) >= 11 is 1.50. The van der Waals surface area contributed by atoms with Gasteiger partial charge in [0.25, 0.3) is 5.91 Å². The molecule has 1 aromatic carbocycles. The average Bonchev–Trinajstić information content (AvgIpc) is 3.06. The first-order valence-corrected chi connectivity index (χ1v) is 9.34. The minimum Gasteiger partial charge on any atom is -0.455 e. The van der Waals surface area contributed by atoms with Crippen LogP contribution in [0, 0.1) is 0 Å². The van der Waals surface area contributed by atoms with Crippen molar-refractivity contribution in [2.75, 3.05) is 13.2 Å². The second kappa shape index (κ2) is 9.32. The normalized spacial score (nSPS) is 10.7. The molecule has 1 N–H and O–H groups in total. The number of aromatic nitrogens is 1. The molecule has 6 heteroatoms. The van der Waals surface area contributed by atoms with Gasteiger partial charge in [-0.25, -0.2) is 4.98 Å². The summed E-state index contributed by atoms with van der Waals surface area (Å²) in [6, 6.07) is 8.30. The molecule has 134 valence electrons. The molecule has 1 aromatic heterocycles. The van der Waals surface area contributed by atoms with Crippen molar-refractivity contribution in [3.8, 4) is 10.6 Å². The lowest BCUT2D eigenvalue weighted by Gasteiger charge is -2.05. The molecule has 0 saturated carbocycles. The lowest BCUT2D eigenvalue weighted by atomic mass is 10.0. The molecule has 25 heavy (non-hydrogen) atoms. The minimum atomic E-state index is -0.446. The van der Waals surface area contributed by atoms with Crippen molar-refractivity contribution >= 4 is 23.2 Å². The van der Waals surface area contributed by atoms with E-state index >= 15 is 0 Å². The van der Waals surface area contributed by atoms with E-state index in [0.29, 0.717) is 18.2 Å². The van der Waals surface area contributed by atoms with E-state index in [9.17, 15) is 9.59 Å². The van der Waals surface area contributed by atoms with Crippen LogP contribution in [0.5, 0.6) is 0 Å². The van der Waals surface area contributed by atoms with Crippen LogP contribution in [-0.2, 0) is 20.7 Å². The number of carbonyl (C=O) groups is 2. The molecule has 1 heterocycles. The number of esters is 1. The maximum absolute atomic E-state index is 11.8. The third-order valence-electron chi connectivity index (χ3n) is 3.64. The molecule has 5 nitrogen and oxygen atoms in total. The van der Waals surface area contributed by atoms with Crippen LogP contribution in [0.15, 0.2) is 29.6 Å². The van der Waals surface area contributed by atoms with E-state index in [0.717, 1.165) is 17.0 Å². The summed E-state index contributed by atoms with van der Waals surface area (Å²) < 4.78 is 4.98. The van der Waals surface area contributed by atoms with E-state index < -0.39 is 5.97 Å². The van der Waals surface area contributed by atoms with Crippen molar-refractivity contribution in [3.05, 3.63) is 40.9 Å². The van der Waals surface area contributed by atoms with Gasteiger partial charge in [-0.1, -0.05) is 45.0 Å². The maximum Gasteiger partial charge on any atom is 0.312 e.